The summed E-state index contributed by atoms with van der Waals surface area (Å²) >= 11 is 0. The molecule has 3 rings (SSSR count). The standard InChI is InChI=1S/C18H32O16/c19-1-4-8(23)11(26)14(16(29)30-4)33-18-15(12(27)9(24)6(3-21)32-18)34-17-13(28)10(25)7(22)5(2-20)31-17/h4-29H,1-3H2/t4-,5-,6-,7-,8-,9-,10+,11+,12+,13+,14+,15+,16?,17+,18+/m1/s1. The number of hydrogen-bond acceptors (Lipinski definition) is 16. The van der Waals surface area contributed by atoms with Gasteiger partial charge in [0, 0.05) is 0 Å². The van der Waals surface area contributed by atoms with E-state index in [9.17, 15) is 56.2 Å². The second-order valence-corrected chi connectivity index (χ2v) is 8.33. The van der Waals surface area contributed by atoms with E-state index >= 15 is 0 Å². The second-order valence-electron chi connectivity index (χ2n) is 8.33. The topological polar surface area (TPSA) is 269 Å². The fraction of sp³-hybridized carbons (Fsp3) is 1.00. The van der Waals surface area contributed by atoms with Gasteiger partial charge in [-0.15, -0.1) is 0 Å². The molecule has 16 heteroatoms. The SMILES string of the molecule is OC[C@H]1O[C@@H](O[C@@H]2[C@H](O[C@@H]3C(O)O[C@H](CO)[C@@H](O)[C@@H]3O)O[C@H](CO)[C@@H](O)[C@@H]2O)[C@@H](O)[C@@H](O)[C@@H]1O. The monoisotopic (exact) mass is 504 g/mol. The number of rotatable bonds is 7. The van der Waals surface area contributed by atoms with Crippen molar-refractivity contribution in [1.29, 1.82) is 0 Å². The van der Waals surface area contributed by atoms with Crippen molar-refractivity contribution in [3.05, 3.63) is 0 Å². The van der Waals surface area contributed by atoms with E-state index in [-0.39, 0.29) is 0 Å². The van der Waals surface area contributed by atoms with Gasteiger partial charge in [0.25, 0.3) is 0 Å². The molecule has 0 aromatic rings. The van der Waals surface area contributed by atoms with Crippen molar-refractivity contribution in [1.82, 2.24) is 0 Å². The molecule has 0 radical (unpaired) electrons. The highest BCUT2D eigenvalue weighted by Gasteiger charge is 2.53. The Bertz CT molecular complexity index is 639. The number of aliphatic hydroxyl groups excluding tert-OH is 11. The molecule has 0 aromatic heterocycles. The summed E-state index contributed by atoms with van der Waals surface area (Å²) in [6.45, 7) is -2.31. The Morgan fingerprint density at radius 2 is 0.853 bits per heavy atom. The Kier molecular flexibility index (Phi) is 9.54. The molecule has 3 aliphatic heterocycles. The van der Waals surface area contributed by atoms with Crippen LogP contribution in [0.2, 0.25) is 0 Å². The van der Waals surface area contributed by atoms with E-state index in [1.807, 2.05) is 0 Å². The lowest BCUT2D eigenvalue weighted by atomic mass is 9.96. The normalized spacial score (nSPS) is 52.5. The highest BCUT2D eigenvalue weighted by atomic mass is 16.8. The zero-order valence-electron chi connectivity index (χ0n) is 17.7. The molecule has 3 fully saturated rings. The Morgan fingerprint density at radius 1 is 0.441 bits per heavy atom. The van der Waals surface area contributed by atoms with Gasteiger partial charge in [0.1, 0.15) is 73.2 Å². The van der Waals surface area contributed by atoms with Crippen LogP contribution in [0.4, 0.5) is 0 Å². The third-order valence-electron chi connectivity index (χ3n) is 6.10. The van der Waals surface area contributed by atoms with Gasteiger partial charge in [-0.05, 0) is 0 Å². The van der Waals surface area contributed by atoms with Crippen LogP contribution in [0.25, 0.3) is 0 Å². The predicted molar refractivity (Wildman–Crippen MR) is 101 cm³/mol. The minimum atomic E-state index is -1.90. The molecule has 3 saturated heterocycles. The van der Waals surface area contributed by atoms with Gasteiger partial charge in [-0.3, -0.25) is 0 Å². The Morgan fingerprint density at radius 3 is 1.38 bits per heavy atom. The number of ether oxygens (including phenoxy) is 5. The molecule has 16 nitrogen and oxygen atoms in total. The van der Waals surface area contributed by atoms with Gasteiger partial charge in [0.15, 0.2) is 18.9 Å². The Hall–Kier alpha value is -0.640. The molecule has 1 unspecified atom stereocenters. The summed E-state index contributed by atoms with van der Waals surface area (Å²) in [5, 5.41) is 109. The quantitative estimate of drug-likeness (QED) is 0.154. The van der Waals surface area contributed by atoms with Crippen molar-refractivity contribution in [2.24, 2.45) is 0 Å². The van der Waals surface area contributed by atoms with Gasteiger partial charge < -0.3 is 79.9 Å². The third kappa shape index (κ3) is 5.37. The summed E-state index contributed by atoms with van der Waals surface area (Å²) in [6, 6.07) is 0. The van der Waals surface area contributed by atoms with Crippen LogP contribution in [0, 0.1) is 0 Å². The van der Waals surface area contributed by atoms with Crippen molar-refractivity contribution in [3.63, 3.8) is 0 Å². The van der Waals surface area contributed by atoms with Gasteiger partial charge in [-0.1, -0.05) is 0 Å². The maximum absolute atomic E-state index is 10.6. The zero-order valence-corrected chi connectivity index (χ0v) is 17.7. The maximum atomic E-state index is 10.6. The molecule has 15 atom stereocenters. The van der Waals surface area contributed by atoms with Crippen LogP contribution in [-0.2, 0) is 23.7 Å². The highest BCUT2D eigenvalue weighted by Crippen LogP contribution is 2.32. The van der Waals surface area contributed by atoms with Gasteiger partial charge in [-0.25, -0.2) is 0 Å². The van der Waals surface area contributed by atoms with Crippen LogP contribution in [0.3, 0.4) is 0 Å². The van der Waals surface area contributed by atoms with Crippen LogP contribution >= 0.6 is 0 Å². The summed E-state index contributed by atoms with van der Waals surface area (Å²) in [6.07, 6.45) is -25.7. The minimum Gasteiger partial charge on any atom is -0.394 e. The molecule has 0 saturated carbocycles. The largest absolute Gasteiger partial charge is 0.394 e. The minimum absolute atomic E-state index is 0.734. The molecule has 11 N–H and O–H groups in total. The van der Waals surface area contributed by atoms with Crippen LogP contribution in [0.1, 0.15) is 0 Å². The average molecular weight is 504 g/mol. The lowest BCUT2D eigenvalue weighted by molar-refractivity contribution is -0.391. The summed E-state index contributed by atoms with van der Waals surface area (Å²) in [7, 11) is 0. The van der Waals surface area contributed by atoms with Crippen LogP contribution in [-0.4, -0.2) is 168 Å². The van der Waals surface area contributed by atoms with Gasteiger partial charge in [-0.2, -0.15) is 0 Å². The Balaban J connectivity index is 1.82. The highest BCUT2D eigenvalue weighted by molar-refractivity contribution is 4.95. The molecule has 0 amide bonds. The van der Waals surface area contributed by atoms with Gasteiger partial charge >= 0.3 is 0 Å². The summed E-state index contributed by atoms with van der Waals surface area (Å²) in [4.78, 5) is 0. The first kappa shape index (κ1) is 27.9. The first-order valence-corrected chi connectivity index (χ1v) is 10.6. The molecule has 3 heterocycles. The van der Waals surface area contributed by atoms with E-state index in [0.29, 0.717) is 0 Å². The van der Waals surface area contributed by atoms with Crippen molar-refractivity contribution < 1.29 is 79.9 Å². The predicted octanol–water partition coefficient (Wildman–Crippen LogP) is -7.57. The molecule has 0 bridgehead atoms. The maximum Gasteiger partial charge on any atom is 0.187 e. The van der Waals surface area contributed by atoms with E-state index in [1.54, 1.807) is 0 Å². The molecular weight excluding hydrogens is 472 g/mol. The van der Waals surface area contributed by atoms with Gasteiger partial charge in [0.2, 0.25) is 0 Å². The summed E-state index contributed by atoms with van der Waals surface area (Å²) in [5.74, 6) is 0. The lowest BCUT2D eigenvalue weighted by Gasteiger charge is -2.48. The smallest absolute Gasteiger partial charge is 0.187 e. The van der Waals surface area contributed by atoms with Crippen LogP contribution < -0.4 is 0 Å². The van der Waals surface area contributed by atoms with E-state index in [0.717, 1.165) is 0 Å². The molecule has 200 valence electrons. The first-order chi connectivity index (χ1) is 16.0. The number of aliphatic hydroxyl groups is 11. The third-order valence-corrected chi connectivity index (χ3v) is 6.10. The van der Waals surface area contributed by atoms with E-state index < -0.39 is 112 Å². The average Bonchev–Trinajstić information content (AvgIpc) is 2.83. The van der Waals surface area contributed by atoms with Crippen molar-refractivity contribution in [2.75, 3.05) is 19.8 Å². The molecule has 34 heavy (non-hydrogen) atoms. The zero-order chi connectivity index (χ0) is 25.3. The fourth-order valence-corrected chi connectivity index (χ4v) is 4.02. The summed E-state index contributed by atoms with van der Waals surface area (Å²) in [5.41, 5.74) is 0. The Labute approximate surface area is 192 Å². The van der Waals surface area contributed by atoms with Crippen molar-refractivity contribution >= 4 is 0 Å². The first-order valence-electron chi connectivity index (χ1n) is 10.6. The van der Waals surface area contributed by atoms with Crippen molar-refractivity contribution in [2.45, 2.75) is 92.1 Å². The molecule has 0 spiro atoms. The lowest BCUT2D eigenvalue weighted by Crippen LogP contribution is -2.66. The molecular formula is C18H32O16. The molecule has 3 aliphatic rings. The fourth-order valence-electron chi connectivity index (χ4n) is 4.02. The molecule has 0 aromatic carbocycles. The van der Waals surface area contributed by atoms with Crippen LogP contribution in [0.5, 0.6) is 0 Å². The second kappa shape index (κ2) is 11.6. The van der Waals surface area contributed by atoms with Crippen molar-refractivity contribution in [3.8, 4) is 0 Å². The van der Waals surface area contributed by atoms with E-state index in [1.165, 1.54) is 0 Å². The summed E-state index contributed by atoms with van der Waals surface area (Å²) < 4.78 is 26.5. The van der Waals surface area contributed by atoms with E-state index in [2.05, 4.69) is 0 Å². The molecule has 0 aliphatic carbocycles. The van der Waals surface area contributed by atoms with Gasteiger partial charge in [0.05, 0.1) is 19.8 Å². The van der Waals surface area contributed by atoms with Crippen LogP contribution in [0.15, 0.2) is 0 Å². The number of hydrogen-bond donors (Lipinski definition) is 11. The van der Waals surface area contributed by atoms with E-state index in [4.69, 9.17) is 23.7 Å².